The second-order valence-electron chi connectivity index (χ2n) is 6.59. The van der Waals surface area contributed by atoms with Crippen molar-refractivity contribution in [3.8, 4) is 0 Å². The van der Waals surface area contributed by atoms with Crippen LogP contribution in [0.2, 0.25) is 0 Å². The number of fused-ring (bicyclic) bond motifs is 1. The maximum Gasteiger partial charge on any atom is 0.185 e. The Morgan fingerprint density at radius 1 is 1.00 bits per heavy atom. The van der Waals surface area contributed by atoms with Gasteiger partial charge in [0.2, 0.25) is 0 Å². The number of carbonyl (C=O) groups is 1. The van der Waals surface area contributed by atoms with E-state index in [1.54, 1.807) is 6.08 Å². The van der Waals surface area contributed by atoms with E-state index in [2.05, 4.69) is 45.1 Å². The van der Waals surface area contributed by atoms with Crippen molar-refractivity contribution in [1.82, 2.24) is 4.90 Å². The normalized spacial score (nSPS) is 16.8. The van der Waals surface area contributed by atoms with Crippen molar-refractivity contribution in [2.45, 2.75) is 19.3 Å². The van der Waals surface area contributed by atoms with Crippen LogP contribution in [0.3, 0.4) is 0 Å². The minimum atomic E-state index is 0.0464. The van der Waals surface area contributed by atoms with Crippen LogP contribution in [0.1, 0.15) is 34.3 Å². The van der Waals surface area contributed by atoms with Gasteiger partial charge in [-0.05, 0) is 60.4 Å². The number of rotatable bonds is 4. The summed E-state index contributed by atoms with van der Waals surface area (Å²) in [5.41, 5.74) is 5.93. The number of allylic oxidation sites excluding steroid dienone is 4. The van der Waals surface area contributed by atoms with Crippen LogP contribution in [-0.2, 0) is 6.42 Å². The molecule has 0 spiro atoms. The number of carbonyl (C=O) groups excluding carboxylic acids is 1. The highest BCUT2D eigenvalue weighted by Gasteiger charge is 2.25. The molecule has 0 unspecified atom stereocenters. The fourth-order valence-electron chi connectivity index (χ4n) is 3.69. The van der Waals surface area contributed by atoms with Crippen LogP contribution in [-0.4, -0.2) is 23.8 Å². The lowest BCUT2D eigenvalue weighted by atomic mass is 10.0. The van der Waals surface area contributed by atoms with E-state index < -0.39 is 0 Å². The van der Waals surface area contributed by atoms with Crippen LogP contribution in [0.15, 0.2) is 70.9 Å². The largest absolute Gasteiger partial charge is 0.374 e. The quantitative estimate of drug-likeness (QED) is 0.522. The number of likely N-dealkylation sites (tertiary alicyclic amines) is 1. The van der Waals surface area contributed by atoms with Gasteiger partial charge in [-0.3, -0.25) is 4.79 Å². The van der Waals surface area contributed by atoms with Crippen LogP contribution in [0.5, 0.6) is 0 Å². The molecule has 126 valence electrons. The number of benzene rings is 2. The van der Waals surface area contributed by atoms with Crippen molar-refractivity contribution in [1.29, 1.82) is 0 Å². The first-order valence-electron chi connectivity index (χ1n) is 8.77. The van der Waals surface area contributed by atoms with Crippen LogP contribution < -0.4 is 0 Å². The summed E-state index contributed by atoms with van der Waals surface area (Å²) < 4.78 is 0.983. The molecule has 2 nitrogen and oxygen atoms in total. The Morgan fingerprint density at radius 2 is 1.72 bits per heavy atom. The Bertz CT molecular complexity index is 858. The van der Waals surface area contributed by atoms with Crippen LogP contribution in [0.4, 0.5) is 0 Å². The minimum Gasteiger partial charge on any atom is -0.374 e. The third-order valence-corrected chi connectivity index (χ3v) is 5.52. The first kappa shape index (κ1) is 16.3. The van der Waals surface area contributed by atoms with E-state index in [4.69, 9.17) is 0 Å². The first-order valence-corrected chi connectivity index (χ1v) is 9.56. The van der Waals surface area contributed by atoms with Crippen molar-refractivity contribution in [3.05, 3.63) is 87.5 Å². The van der Waals surface area contributed by atoms with Gasteiger partial charge in [0, 0.05) is 40.8 Å². The second kappa shape index (κ2) is 7.01. The number of nitrogens with zero attached hydrogens (tertiary/aromatic N) is 1. The summed E-state index contributed by atoms with van der Waals surface area (Å²) in [5, 5.41) is 0. The predicted octanol–water partition coefficient (Wildman–Crippen LogP) is 5.25. The third-order valence-electron chi connectivity index (χ3n) is 4.99. The van der Waals surface area contributed by atoms with Crippen molar-refractivity contribution >= 4 is 27.3 Å². The zero-order valence-corrected chi connectivity index (χ0v) is 15.6. The lowest BCUT2D eigenvalue weighted by Crippen LogP contribution is -2.19. The lowest BCUT2D eigenvalue weighted by molar-refractivity contribution is 0.104. The summed E-state index contributed by atoms with van der Waals surface area (Å²) >= 11 is 3.41. The molecular formula is C22H20BrNO. The molecule has 0 bridgehead atoms. The molecule has 0 N–H and O–H groups in total. The molecule has 2 aromatic rings. The van der Waals surface area contributed by atoms with E-state index in [0.717, 1.165) is 24.0 Å². The molecule has 1 saturated heterocycles. The van der Waals surface area contributed by atoms with E-state index in [9.17, 15) is 4.79 Å². The monoisotopic (exact) mass is 393 g/mol. The molecule has 1 heterocycles. The Kier molecular flexibility index (Phi) is 4.58. The standard InChI is InChI=1S/C22H20BrNO/c23-18-9-7-16(8-10-18)22(25)12-11-20-19-6-2-1-5-17(19)15-21(20)24-13-3-4-14-24/h1-2,5-12H,3-4,13-15H2/b12-11+. The zero-order valence-electron chi connectivity index (χ0n) is 14.0. The first-order chi connectivity index (χ1) is 12.2. The summed E-state index contributed by atoms with van der Waals surface area (Å²) in [5.74, 6) is 0.0464. The van der Waals surface area contributed by atoms with Gasteiger partial charge in [0.1, 0.15) is 0 Å². The van der Waals surface area contributed by atoms with Gasteiger partial charge in [-0.2, -0.15) is 0 Å². The van der Waals surface area contributed by atoms with E-state index in [0.29, 0.717) is 5.56 Å². The topological polar surface area (TPSA) is 20.3 Å². The molecule has 2 aromatic carbocycles. The fourth-order valence-corrected chi connectivity index (χ4v) is 3.96. The number of ketones is 1. The molecule has 0 saturated carbocycles. The number of hydrogen-bond acceptors (Lipinski definition) is 2. The van der Waals surface area contributed by atoms with Gasteiger partial charge in [0.25, 0.3) is 0 Å². The van der Waals surface area contributed by atoms with Crippen LogP contribution in [0, 0.1) is 0 Å². The molecular weight excluding hydrogens is 374 g/mol. The molecule has 4 rings (SSSR count). The van der Waals surface area contributed by atoms with E-state index in [-0.39, 0.29) is 5.78 Å². The highest BCUT2D eigenvalue weighted by molar-refractivity contribution is 9.10. The molecule has 1 aliphatic carbocycles. The van der Waals surface area contributed by atoms with E-state index in [1.807, 2.05) is 30.3 Å². The maximum absolute atomic E-state index is 12.5. The molecule has 0 radical (unpaired) electrons. The summed E-state index contributed by atoms with van der Waals surface area (Å²) in [6, 6.07) is 16.1. The predicted molar refractivity (Wildman–Crippen MR) is 105 cm³/mol. The molecule has 2 aliphatic rings. The zero-order chi connectivity index (χ0) is 17.2. The highest BCUT2D eigenvalue weighted by Crippen LogP contribution is 2.36. The van der Waals surface area contributed by atoms with Gasteiger partial charge >= 0.3 is 0 Å². The molecule has 1 aliphatic heterocycles. The summed E-state index contributed by atoms with van der Waals surface area (Å²) in [6.07, 6.45) is 7.23. The van der Waals surface area contributed by atoms with Gasteiger partial charge in [-0.25, -0.2) is 0 Å². The summed E-state index contributed by atoms with van der Waals surface area (Å²) in [6.45, 7) is 2.25. The van der Waals surface area contributed by atoms with E-state index in [1.165, 1.54) is 35.2 Å². The summed E-state index contributed by atoms with van der Waals surface area (Å²) in [4.78, 5) is 15.0. The molecule has 3 heteroatoms. The number of halogens is 1. The second-order valence-corrected chi connectivity index (χ2v) is 7.51. The number of hydrogen-bond donors (Lipinski definition) is 0. The van der Waals surface area contributed by atoms with Gasteiger partial charge < -0.3 is 4.90 Å². The molecule has 0 atom stereocenters. The van der Waals surface area contributed by atoms with Crippen molar-refractivity contribution in [2.24, 2.45) is 0 Å². The fraction of sp³-hybridized carbons (Fsp3) is 0.227. The highest BCUT2D eigenvalue weighted by atomic mass is 79.9. The maximum atomic E-state index is 12.5. The molecule has 25 heavy (non-hydrogen) atoms. The molecule has 0 amide bonds. The van der Waals surface area contributed by atoms with Gasteiger partial charge in [-0.1, -0.05) is 40.2 Å². The third kappa shape index (κ3) is 3.34. The lowest BCUT2D eigenvalue weighted by Gasteiger charge is -2.20. The van der Waals surface area contributed by atoms with Crippen molar-refractivity contribution < 1.29 is 4.79 Å². The SMILES string of the molecule is O=C(/C=C/C1=C(N2CCCC2)Cc2ccccc21)c1ccc(Br)cc1. The minimum absolute atomic E-state index is 0.0464. The molecule has 0 aromatic heterocycles. The Labute approximate surface area is 157 Å². The van der Waals surface area contributed by atoms with Crippen molar-refractivity contribution in [2.75, 3.05) is 13.1 Å². The Balaban J connectivity index is 1.66. The average Bonchev–Trinajstić information content (AvgIpc) is 3.28. The Hall–Kier alpha value is -2.13. The van der Waals surface area contributed by atoms with Gasteiger partial charge in [-0.15, -0.1) is 0 Å². The molecule has 1 fully saturated rings. The van der Waals surface area contributed by atoms with Gasteiger partial charge in [0.05, 0.1) is 0 Å². The van der Waals surface area contributed by atoms with Crippen LogP contribution in [0.25, 0.3) is 5.57 Å². The van der Waals surface area contributed by atoms with Crippen LogP contribution >= 0.6 is 15.9 Å². The smallest absolute Gasteiger partial charge is 0.185 e. The van der Waals surface area contributed by atoms with Crippen molar-refractivity contribution in [3.63, 3.8) is 0 Å². The Morgan fingerprint density at radius 3 is 2.48 bits per heavy atom. The average molecular weight is 394 g/mol. The van der Waals surface area contributed by atoms with Gasteiger partial charge in [0.15, 0.2) is 5.78 Å². The van der Waals surface area contributed by atoms with E-state index >= 15 is 0 Å². The summed E-state index contributed by atoms with van der Waals surface area (Å²) in [7, 11) is 0.